The molecule has 0 aromatic heterocycles. The fourth-order valence-electron chi connectivity index (χ4n) is 0.994. The lowest BCUT2D eigenvalue weighted by atomic mass is 10.2. The summed E-state index contributed by atoms with van der Waals surface area (Å²) in [7, 11) is 0. The number of esters is 1. The van der Waals surface area contributed by atoms with Crippen molar-refractivity contribution in [3.63, 3.8) is 0 Å². The minimum absolute atomic E-state index is 0.0649. The van der Waals surface area contributed by atoms with Crippen LogP contribution in [0.15, 0.2) is 0 Å². The molecule has 0 aliphatic carbocycles. The Balaban J connectivity index is 2.54. The third-order valence-electron chi connectivity index (χ3n) is 1.52. The van der Waals surface area contributed by atoms with Gasteiger partial charge in [0.05, 0.1) is 13.0 Å². The van der Waals surface area contributed by atoms with E-state index in [4.69, 9.17) is 0 Å². The van der Waals surface area contributed by atoms with E-state index in [0.717, 1.165) is 0 Å². The molecule has 1 rings (SSSR count). The minimum Gasteiger partial charge on any atom is -0.464 e. The molecular weight excluding hydrogens is 176 g/mol. The molecule has 3 amide bonds. The summed E-state index contributed by atoms with van der Waals surface area (Å²) in [6.07, 6.45) is -0.0649. The van der Waals surface area contributed by atoms with Crippen molar-refractivity contribution in [3.8, 4) is 0 Å². The maximum Gasteiger partial charge on any atom is 0.329 e. The van der Waals surface area contributed by atoms with Gasteiger partial charge < -0.3 is 10.1 Å². The zero-order valence-electron chi connectivity index (χ0n) is 7.12. The van der Waals surface area contributed by atoms with Crippen LogP contribution in [0.4, 0.5) is 4.79 Å². The minimum atomic E-state index is -0.846. The molecule has 0 aromatic carbocycles. The fraction of sp³-hybridized carbons (Fsp3) is 0.571. The zero-order valence-corrected chi connectivity index (χ0v) is 7.12. The first-order valence-corrected chi connectivity index (χ1v) is 3.90. The number of rotatable bonds is 2. The summed E-state index contributed by atoms with van der Waals surface area (Å²) in [5, 5.41) is 4.30. The Morgan fingerprint density at radius 3 is 2.85 bits per heavy atom. The van der Waals surface area contributed by atoms with Crippen molar-refractivity contribution >= 4 is 17.9 Å². The number of carbonyl (C=O) groups is 3. The van der Waals surface area contributed by atoms with Crippen LogP contribution in [0.25, 0.3) is 0 Å². The van der Waals surface area contributed by atoms with E-state index in [1.165, 1.54) is 0 Å². The highest BCUT2D eigenvalue weighted by Gasteiger charge is 2.30. The van der Waals surface area contributed by atoms with Crippen molar-refractivity contribution in [2.45, 2.75) is 19.4 Å². The smallest absolute Gasteiger partial charge is 0.329 e. The van der Waals surface area contributed by atoms with Crippen LogP contribution in [0.2, 0.25) is 0 Å². The lowest BCUT2D eigenvalue weighted by Crippen LogP contribution is -2.55. The fourth-order valence-corrected chi connectivity index (χ4v) is 0.994. The van der Waals surface area contributed by atoms with Gasteiger partial charge in [-0.2, -0.15) is 0 Å². The highest BCUT2D eigenvalue weighted by atomic mass is 16.5. The highest BCUT2D eigenvalue weighted by molar-refractivity contribution is 6.01. The van der Waals surface area contributed by atoms with Crippen molar-refractivity contribution in [1.82, 2.24) is 10.6 Å². The molecule has 0 unspecified atom stereocenters. The van der Waals surface area contributed by atoms with E-state index in [-0.39, 0.29) is 13.0 Å². The van der Waals surface area contributed by atoms with Gasteiger partial charge >= 0.3 is 12.0 Å². The second kappa shape index (κ2) is 3.88. The van der Waals surface area contributed by atoms with E-state index in [2.05, 4.69) is 10.1 Å². The molecule has 1 aliphatic heterocycles. The van der Waals surface area contributed by atoms with Crippen molar-refractivity contribution in [2.75, 3.05) is 6.61 Å². The Bertz CT molecular complexity index is 235. The Morgan fingerprint density at radius 2 is 2.31 bits per heavy atom. The summed E-state index contributed by atoms with van der Waals surface area (Å²) in [5.41, 5.74) is 0. The van der Waals surface area contributed by atoms with Crippen LogP contribution < -0.4 is 10.6 Å². The van der Waals surface area contributed by atoms with E-state index >= 15 is 0 Å². The maximum atomic E-state index is 11.1. The van der Waals surface area contributed by atoms with E-state index in [9.17, 15) is 14.4 Å². The number of amides is 3. The highest BCUT2D eigenvalue weighted by Crippen LogP contribution is 2.00. The van der Waals surface area contributed by atoms with Crippen LogP contribution >= 0.6 is 0 Å². The summed E-state index contributed by atoms with van der Waals surface area (Å²) in [4.78, 5) is 32.6. The van der Waals surface area contributed by atoms with Crippen LogP contribution in [0.5, 0.6) is 0 Å². The van der Waals surface area contributed by atoms with Gasteiger partial charge in [0, 0.05) is 0 Å². The molecule has 0 spiro atoms. The van der Waals surface area contributed by atoms with Gasteiger partial charge in [-0.1, -0.05) is 0 Å². The molecule has 0 radical (unpaired) electrons. The van der Waals surface area contributed by atoms with Crippen molar-refractivity contribution in [3.05, 3.63) is 0 Å². The average Bonchev–Trinajstić information content (AvgIpc) is 2.03. The molecule has 1 aliphatic rings. The van der Waals surface area contributed by atoms with E-state index < -0.39 is 23.9 Å². The summed E-state index contributed by atoms with van der Waals surface area (Å²) < 4.78 is 4.64. The Labute approximate surface area is 74.6 Å². The average molecular weight is 186 g/mol. The number of nitrogens with one attached hydrogen (secondary N) is 2. The summed E-state index contributed by atoms with van der Waals surface area (Å²) in [5.74, 6) is -1.05. The van der Waals surface area contributed by atoms with Crippen molar-refractivity contribution in [2.24, 2.45) is 0 Å². The van der Waals surface area contributed by atoms with Gasteiger partial charge in [-0.05, 0) is 6.92 Å². The number of carbonyl (C=O) groups excluding carboxylic acids is 3. The van der Waals surface area contributed by atoms with E-state index in [1.807, 2.05) is 5.32 Å². The first-order chi connectivity index (χ1) is 6.13. The lowest BCUT2D eigenvalue weighted by molar-refractivity contribution is -0.147. The monoisotopic (exact) mass is 186 g/mol. The predicted molar refractivity (Wildman–Crippen MR) is 41.7 cm³/mol. The lowest BCUT2D eigenvalue weighted by Gasteiger charge is -2.20. The van der Waals surface area contributed by atoms with Crippen molar-refractivity contribution < 1.29 is 19.1 Å². The van der Waals surface area contributed by atoms with Gasteiger partial charge in [-0.25, -0.2) is 9.59 Å². The van der Waals surface area contributed by atoms with E-state index in [0.29, 0.717) is 0 Å². The Morgan fingerprint density at radius 1 is 1.62 bits per heavy atom. The molecule has 0 bridgehead atoms. The number of ether oxygens (including phenoxy) is 1. The molecule has 0 saturated carbocycles. The predicted octanol–water partition coefficient (Wildman–Crippen LogP) is -0.852. The van der Waals surface area contributed by atoms with Gasteiger partial charge in [0.15, 0.2) is 0 Å². The van der Waals surface area contributed by atoms with Crippen LogP contribution in [-0.4, -0.2) is 30.6 Å². The molecule has 6 nitrogen and oxygen atoms in total. The third-order valence-corrected chi connectivity index (χ3v) is 1.52. The Kier molecular flexibility index (Phi) is 2.84. The molecule has 0 aromatic rings. The SMILES string of the molecule is CCOC(=O)[C@H]1CC(=O)NC(=O)N1. The second-order valence-corrected chi connectivity index (χ2v) is 2.53. The maximum absolute atomic E-state index is 11.1. The van der Waals surface area contributed by atoms with Crippen LogP contribution in [-0.2, 0) is 14.3 Å². The largest absolute Gasteiger partial charge is 0.464 e. The number of imide groups is 1. The second-order valence-electron chi connectivity index (χ2n) is 2.53. The summed E-state index contributed by atoms with van der Waals surface area (Å²) in [6, 6.07) is -1.50. The molecule has 1 fully saturated rings. The molecule has 6 heteroatoms. The van der Waals surface area contributed by atoms with Gasteiger partial charge in [0.1, 0.15) is 6.04 Å². The summed E-state index contributed by atoms with van der Waals surface area (Å²) >= 11 is 0. The quantitative estimate of drug-likeness (QED) is 0.550. The molecule has 72 valence electrons. The zero-order chi connectivity index (χ0) is 9.84. The van der Waals surface area contributed by atoms with E-state index in [1.54, 1.807) is 6.92 Å². The first-order valence-electron chi connectivity index (χ1n) is 3.90. The number of hydrogen-bond donors (Lipinski definition) is 2. The number of urea groups is 1. The standard InChI is InChI=1S/C7H10N2O4/c1-2-13-6(11)4-3-5(10)9-7(12)8-4/h4H,2-3H2,1H3,(H2,8,9,10,12)/t4-/m1/s1. The Hall–Kier alpha value is -1.59. The topological polar surface area (TPSA) is 84.5 Å². The van der Waals surface area contributed by atoms with Crippen molar-refractivity contribution in [1.29, 1.82) is 0 Å². The molecule has 1 heterocycles. The van der Waals surface area contributed by atoms with Gasteiger partial charge in [0.2, 0.25) is 5.91 Å². The molecule has 13 heavy (non-hydrogen) atoms. The third kappa shape index (κ3) is 2.43. The number of hydrogen-bond acceptors (Lipinski definition) is 4. The molecule has 1 saturated heterocycles. The molecular formula is C7H10N2O4. The van der Waals surface area contributed by atoms with Crippen LogP contribution in [0, 0.1) is 0 Å². The van der Waals surface area contributed by atoms with Gasteiger partial charge in [0.25, 0.3) is 0 Å². The van der Waals surface area contributed by atoms with Crippen LogP contribution in [0.1, 0.15) is 13.3 Å². The van der Waals surface area contributed by atoms with Gasteiger partial charge in [-0.15, -0.1) is 0 Å². The normalized spacial score (nSPS) is 21.8. The molecule has 1 atom stereocenters. The van der Waals surface area contributed by atoms with Gasteiger partial charge in [-0.3, -0.25) is 10.1 Å². The molecule has 2 N–H and O–H groups in total. The van der Waals surface area contributed by atoms with Crippen LogP contribution in [0.3, 0.4) is 0 Å². The first kappa shape index (κ1) is 9.50. The summed E-state index contributed by atoms with van der Waals surface area (Å²) in [6.45, 7) is 1.88.